The van der Waals surface area contributed by atoms with E-state index in [0.717, 1.165) is 5.69 Å². The zero-order chi connectivity index (χ0) is 14.8. The molecule has 0 amide bonds. The first-order valence-corrected chi connectivity index (χ1v) is 6.15. The molecule has 0 aliphatic rings. The van der Waals surface area contributed by atoms with E-state index in [2.05, 4.69) is 25.7 Å². The number of tetrazole rings is 1. The van der Waals surface area contributed by atoms with Crippen LogP contribution in [0.15, 0.2) is 24.3 Å². The van der Waals surface area contributed by atoms with Crippen molar-refractivity contribution in [2.45, 2.75) is 19.4 Å². The summed E-state index contributed by atoms with van der Waals surface area (Å²) >= 11 is 5.03. The number of anilines is 1. The average Bonchev–Trinajstić information content (AvgIpc) is 2.83. The van der Waals surface area contributed by atoms with Crippen LogP contribution in [0.4, 0.5) is 5.69 Å². The lowest BCUT2D eigenvalue weighted by atomic mass is 10.1. The van der Waals surface area contributed by atoms with Gasteiger partial charge in [-0.3, -0.25) is 0 Å². The highest BCUT2D eigenvalue weighted by Gasteiger charge is 2.29. The molecule has 1 aromatic carbocycles. The van der Waals surface area contributed by atoms with Crippen LogP contribution in [0.5, 0.6) is 0 Å². The third kappa shape index (κ3) is 2.83. The number of benzene rings is 1. The minimum atomic E-state index is -0.957. The molecule has 0 aliphatic heterocycles. The van der Waals surface area contributed by atoms with Gasteiger partial charge in [-0.2, -0.15) is 11.1 Å². The number of aromatic amines is 1. The fourth-order valence-electron chi connectivity index (χ4n) is 1.65. The zero-order valence-electron chi connectivity index (χ0n) is 11.0. The SMILES string of the molecule is CC(C)(Nc1cccc(-n2[nH]nnc2=S)c1)C(=O)ON. The van der Waals surface area contributed by atoms with Gasteiger partial charge in [0.05, 0.1) is 5.69 Å². The number of carbonyl (C=O) groups excluding carboxylic acids is 1. The molecule has 9 heteroatoms. The fraction of sp³-hybridized carbons (Fsp3) is 0.273. The summed E-state index contributed by atoms with van der Waals surface area (Å²) in [5.74, 6) is 4.34. The second-order valence-electron chi connectivity index (χ2n) is 4.62. The molecule has 0 saturated heterocycles. The van der Waals surface area contributed by atoms with Gasteiger partial charge in [-0.1, -0.05) is 16.4 Å². The molecule has 0 unspecified atom stereocenters. The molecule has 0 fully saturated rings. The van der Waals surface area contributed by atoms with E-state index in [9.17, 15) is 4.79 Å². The normalized spacial score (nSPS) is 11.2. The lowest BCUT2D eigenvalue weighted by Crippen LogP contribution is -2.42. The summed E-state index contributed by atoms with van der Waals surface area (Å²) in [6.07, 6.45) is 0. The Balaban J connectivity index is 2.30. The Morgan fingerprint density at radius 3 is 2.90 bits per heavy atom. The van der Waals surface area contributed by atoms with Gasteiger partial charge in [0.1, 0.15) is 5.54 Å². The van der Waals surface area contributed by atoms with E-state index in [1.807, 2.05) is 18.2 Å². The molecule has 106 valence electrons. The van der Waals surface area contributed by atoms with E-state index in [1.54, 1.807) is 19.9 Å². The molecule has 2 aromatic rings. The third-order valence-electron chi connectivity index (χ3n) is 2.65. The van der Waals surface area contributed by atoms with Gasteiger partial charge in [-0.05, 0) is 44.3 Å². The van der Waals surface area contributed by atoms with Crippen LogP contribution in [0.3, 0.4) is 0 Å². The maximum atomic E-state index is 11.5. The molecule has 2 rings (SSSR count). The molecule has 1 aromatic heterocycles. The van der Waals surface area contributed by atoms with Crippen molar-refractivity contribution in [1.29, 1.82) is 0 Å². The Bertz CT molecular complexity index is 677. The first-order valence-electron chi connectivity index (χ1n) is 5.74. The van der Waals surface area contributed by atoms with Crippen molar-refractivity contribution in [3.8, 4) is 5.69 Å². The van der Waals surface area contributed by atoms with Crippen molar-refractivity contribution in [2.75, 3.05) is 5.32 Å². The monoisotopic (exact) mass is 294 g/mol. The van der Waals surface area contributed by atoms with Gasteiger partial charge in [0.2, 0.25) is 4.77 Å². The van der Waals surface area contributed by atoms with Gasteiger partial charge in [0.25, 0.3) is 0 Å². The summed E-state index contributed by atoms with van der Waals surface area (Å²) in [7, 11) is 0. The number of H-pyrrole nitrogens is 1. The van der Waals surface area contributed by atoms with Gasteiger partial charge < -0.3 is 10.2 Å². The maximum absolute atomic E-state index is 11.5. The highest BCUT2D eigenvalue weighted by Crippen LogP contribution is 2.19. The van der Waals surface area contributed by atoms with Crippen LogP contribution in [0.2, 0.25) is 0 Å². The van der Waals surface area contributed by atoms with E-state index >= 15 is 0 Å². The molecule has 1 heterocycles. The molecule has 0 radical (unpaired) electrons. The van der Waals surface area contributed by atoms with Crippen molar-refractivity contribution >= 4 is 23.9 Å². The summed E-state index contributed by atoms with van der Waals surface area (Å²) in [6, 6.07) is 7.24. The second kappa shape index (κ2) is 5.39. The van der Waals surface area contributed by atoms with E-state index in [4.69, 9.17) is 18.1 Å². The Kier molecular flexibility index (Phi) is 3.81. The predicted octanol–water partition coefficient (Wildman–Crippen LogP) is 0.932. The Hall–Kier alpha value is -2.26. The van der Waals surface area contributed by atoms with E-state index in [-0.39, 0.29) is 0 Å². The van der Waals surface area contributed by atoms with Crippen LogP contribution in [0, 0.1) is 4.77 Å². The minimum absolute atomic E-state index is 0.308. The number of rotatable bonds is 4. The van der Waals surface area contributed by atoms with Gasteiger partial charge in [-0.15, -0.1) is 0 Å². The highest BCUT2D eigenvalue weighted by molar-refractivity contribution is 7.71. The molecule has 0 saturated carbocycles. The Labute approximate surface area is 119 Å². The van der Waals surface area contributed by atoms with Crippen LogP contribution in [0.1, 0.15) is 13.8 Å². The number of carbonyl (C=O) groups is 1. The standard InChI is InChI=1S/C11H14N6O2S/c1-11(2,9(18)19-12)13-7-4-3-5-8(6-7)17-10(20)14-15-16-17/h3-6,13H,12H2,1-2H3,(H,14,16,20). The van der Waals surface area contributed by atoms with Gasteiger partial charge >= 0.3 is 5.97 Å². The number of hydrogen-bond acceptors (Lipinski definition) is 7. The third-order valence-corrected chi connectivity index (χ3v) is 2.91. The van der Waals surface area contributed by atoms with Crippen LogP contribution < -0.4 is 11.2 Å². The van der Waals surface area contributed by atoms with E-state index in [1.165, 1.54) is 4.68 Å². The topological polar surface area (TPSA) is 111 Å². The number of nitrogens with zero attached hydrogens (tertiary/aromatic N) is 3. The van der Waals surface area contributed by atoms with Crippen molar-refractivity contribution in [3.05, 3.63) is 29.0 Å². The largest absolute Gasteiger partial charge is 0.372 e. The Morgan fingerprint density at radius 1 is 1.55 bits per heavy atom. The van der Waals surface area contributed by atoms with Crippen LogP contribution in [0.25, 0.3) is 5.69 Å². The van der Waals surface area contributed by atoms with Gasteiger partial charge in [0.15, 0.2) is 0 Å². The summed E-state index contributed by atoms with van der Waals surface area (Å²) in [5.41, 5.74) is 0.484. The molecule has 0 spiro atoms. The lowest BCUT2D eigenvalue weighted by Gasteiger charge is -2.24. The lowest BCUT2D eigenvalue weighted by molar-refractivity contribution is -0.148. The Morgan fingerprint density at radius 2 is 2.30 bits per heavy atom. The smallest absolute Gasteiger partial charge is 0.349 e. The summed E-state index contributed by atoms with van der Waals surface area (Å²) in [6.45, 7) is 3.33. The molecular weight excluding hydrogens is 280 g/mol. The number of nitrogens with one attached hydrogen (secondary N) is 2. The maximum Gasteiger partial charge on any atom is 0.349 e. The van der Waals surface area contributed by atoms with Crippen molar-refractivity contribution < 1.29 is 9.63 Å². The molecular formula is C11H14N6O2S. The average molecular weight is 294 g/mol. The highest BCUT2D eigenvalue weighted by atomic mass is 32.1. The number of nitrogens with two attached hydrogens (primary N) is 1. The summed E-state index contributed by atoms with van der Waals surface area (Å²) in [5, 5.41) is 13.0. The van der Waals surface area contributed by atoms with E-state index in [0.29, 0.717) is 10.5 Å². The molecule has 0 aliphatic carbocycles. The quantitative estimate of drug-likeness (QED) is 0.568. The van der Waals surface area contributed by atoms with Gasteiger partial charge in [0, 0.05) is 5.69 Å². The van der Waals surface area contributed by atoms with Crippen molar-refractivity contribution in [3.63, 3.8) is 0 Å². The van der Waals surface area contributed by atoms with Crippen LogP contribution >= 0.6 is 12.2 Å². The summed E-state index contributed by atoms with van der Waals surface area (Å²) < 4.78 is 1.84. The van der Waals surface area contributed by atoms with Crippen molar-refractivity contribution in [1.82, 2.24) is 20.2 Å². The number of aromatic nitrogens is 4. The minimum Gasteiger partial charge on any atom is -0.372 e. The first-order chi connectivity index (χ1) is 9.44. The molecule has 0 atom stereocenters. The zero-order valence-corrected chi connectivity index (χ0v) is 11.8. The van der Waals surface area contributed by atoms with E-state index < -0.39 is 11.5 Å². The first kappa shape index (κ1) is 14.2. The molecule has 0 bridgehead atoms. The molecule has 8 nitrogen and oxygen atoms in total. The fourth-order valence-corrected chi connectivity index (χ4v) is 1.83. The van der Waals surface area contributed by atoms with Crippen molar-refractivity contribution in [2.24, 2.45) is 5.90 Å². The predicted molar refractivity (Wildman–Crippen MR) is 74.5 cm³/mol. The second-order valence-corrected chi connectivity index (χ2v) is 4.99. The van der Waals surface area contributed by atoms with Crippen LogP contribution in [-0.4, -0.2) is 31.7 Å². The van der Waals surface area contributed by atoms with Gasteiger partial charge in [-0.25, -0.2) is 9.48 Å². The summed E-state index contributed by atoms with van der Waals surface area (Å²) in [4.78, 5) is 15.8. The van der Waals surface area contributed by atoms with Crippen LogP contribution in [-0.2, 0) is 9.63 Å². The molecule has 20 heavy (non-hydrogen) atoms. The molecule has 4 N–H and O–H groups in total. The number of hydrogen-bond donors (Lipinski definition) is 3.